The minimum Gasteiger partial charge on any atom is -0.278 e. The van der Waals surface area contributed by atoms with Gasteiger partial charge in [-0.1, -0.05) is 11.6 Å². The predicted molar refractivity (Wildman–Crippen MR) is 64.0 cm³/mol. The van der Waals surface area contributed by atoms with Crippen molar-refractivity contribution in [3.8, 4) is 0 Å². The second kappa shape index (κ2) is 4.22. The van der Waals surface area contributed by atoms with E-state index < -0.39 is 21.9 Å². The molecule has 0 radical (unpaired) electrons. The number of halogens is 1. The Morgan fingerprint density at radius 1 is 1.56 bits per heavy atom. The lowest BCUT2D eigenvalue weighted by Gasteiger charge is -2.06. The molecule has 2 aromatic rings. The second-order valence-electron chi connectivity index (χ2n) is 3.42. The van der Waals surface area contributed by atoms with Crippen LogP contribution >= 0.6 is 11.6 Å². The topological polar surface area (TPSA) is 111 Å². The van der Waals surface area contributed by atoms with Crippen LogP contribution in [0.3, 0.4) is 0 Å². The van der Waals surface area contributed by atoms with Gasteiger partial charge in [-0.15, -0.1) is 0 Å². The summed E-state index contributed by atoms with van der Waals surface area (Å²) in [6, 6.07) is 0. The average Bonchev–Trinajstić information content (AvgIpc) is 2.28. The Kier molecular flexibility index (Phi) is 2.87. The van der Waals surface area contributed by atoms with E-state index in [2.05, 4.69) is 4.98 Å². The lowest BCUT2D eigenvalue weighted by atomic mass is 10.3. The van der Waals surface area contributed by atoms with Crippen LogP contribution in [0.2, 0.25) is 5.02 Å². The summed E-state index contributed by atoms with van der Waals surface area (Å²) in [5.74, 6) is 0. The summed E-state index contributed by atoms with van der Waals surface area (Å²) in [7, 11) is 0. The van der Waals surface area contributed by atoms with E-state index in [1.807, 2.05) is 4.98 Å². The Balaban J connectivity index is 3.05. The van der Waals surface area contributed by atoms with Gasteiger partial charge in [-0.2, -0.15) is 0 Å². The molecular formula is C9H7ClN4O4. The summed E-state index contributed by atoms with van der Waals surface area (Å²) >= 11 is 5.81. The van der Waals surface area contributed by atoms with Crippen molar-refractivity contribution >= 4 is 28.3 Å². The molecule has 18 heavy (non-hydrogen) atoms. The van der Waals surface area contributed by atoms with Gasteiger partial charge in [-0.3, -0.25) is 24.5 Å². The van der Waals surface area contributed by atoms with E-state index >= 15 is 0 Å². The SMILES string of the molecule is CCn1c(=O)[nH]c(=O)c2c(Cl)c([N+](=O)[O-])cnc21. The number of nitro groups is 1. The number of fused-ring (bicyclic) bond motifs is 1. The Hall–Kier alpha value is -2.22. The number of hydrogen-bond donors (Lipinski definition) is 1. The number of pyridine rings is 1. The van der Waals surface area contributed by atoms with Gasteiger partial charge >= 0.3 is 11.4 Å². The predicted octanol–water partition coefficient (Wildman–Crippen LogP) is 0.666. The number of rotatable bonds is 2. The van der Waals surface area contributed by atoms with Crippen molar-refractivity contribution in [1.29, 1.82) is 0 Å². The Morgan fingerprint density at radius 3 is 2.78 bits per heavy atom. The molecule has 0 aliphatic rings. The highest BCUT2D eigenvalue weighted by Gasteiger charge is 2.20. The van der Waals surface area contributed by atoms with Crippen LogP contribution < -0.4 is 11.2 Å². The van der Waals surface area contributed by atoms with E-state index in [1.54, 1.807) is 6.92 Å². The zero-order valence-corrected chi connectivity index (χ0v) is 9.89. The molecule has 8 nitrogen and oxygen atoms in total. The number of H-pyrrole nitrogens is 1. The fraction of sp³-hybridized carbons (Fsp3) is 0.222. The molecular weight excluding hydrogens is 264 g/mol. The van der Waals surface area contributed by atoms with E-state index in [-0.39, 0.29) is 22.6 Å². The van der Waals surface area contributed by atoms with Gasteiger partial charge in [-0.05, 0) is 6.92 Å². The van der Waals surface area contributed by atoms with Crippen molar-refractivity contribution in [2.75, 3.05) is 0 Å². The second-order valence-corrected chi connectivity index (χ2v) is 3.79. The normalized spacial score (nSPS) is 10.8. The molecule has 1 N–H and O–H groups in total. The number of aryl methyl sites for hydroxylation is 1. The van der Waals surface area contributed by atoms with Gasteiger partial charge in [0.1, 0.15) is 16.6 Å². The van der Waals surface area contributed by atoms with Crippen molar-refractivity contribution in [2.45, 2.75) is 13.5 Å². The quantitative estimate of drug-likeness (QED) is 0.637. The zero-order valence-electron chi connectivity index (χ0n) is 9.14. The van der Waals surface area contributed by atoms with Gasteiger partial charge in [0.05, 0.1) is 4.92 Å². The summed E-state index contributed by atoms with van der Waals surface area (Å²) in [6.07, 6.45) is 0.926. The van der Waals surface area contributed by atoms with Crippen LogP contribution in [0.25, 0.3) is 11.0 Å². The lowest BCUT2D eigenvalue weighted by Crippen LogP contribution is -2.30. The molecule has 0 spiro atoms. The monoisotopic (exact) mass is 270 g/mol. The van der Waals surface area contributed by atoms with Crippen LogP contribution in [0.15, 0.2) is 15.8 Å². The highest BCUT2D eigenvalue weighted by atomic mass is 35.5. The first-order valence-corrected chi connectivity index (χ1v) is 5.30. The van der Waals surface area contributed by atoms with Gasteiger partial charge in [0.15, 0.2) is 5.65 Å². The Bertz CT molecular complexity index is 763. The molecule has 0 atom stereocenters. The molecule has 0 fully saturated rings. The largest absolute Gasteiger partial charge is 0.329 e. The zero-order chi connectivity index (χ0) is 13.4. The summed E-state index contributed by atoms with van der Waals surface area (Å²) in [5.41, 5.74) is -1.87. The molecule has 0 saturated carbocycles. The molecule has 94 valence electrons. The van der Waals surface area contributed by atoms with E-state index in [0.29, 0.717) is 0 Å². The molecule has 9 heteroatoms. The van der Waals surface area contributed by atoms with Gasteiger partial charge in [0.25, 0.3) is 5.56 Å². The molecule has 2 rings (SSSR count). The van der Waals surface area contributed by atoms with Crippen molar-refractivity contribution in [3.05, 3.63) is 42.2 Å². The minimum atomic E-state index is -0.791. The van der Waals surface area contributed by atoms with Gasteiger partial charge < -0.3 is 0 Å². The molecule has 0 aromatic carbocycles. The van der Waals surface area contributed by atoms with Crippen molar-refractivity contribution in [3.63, 3.8) is 0 Å². The van der Waals surface area contributed by atoms with Crippen molar-refractivity contribution in [2.24, 2.45) is 0 Å². The molecule has 0 saturated heterocycles. The van der Waals surface area contributed by atoms with Crippen LogP contribution in [0.1, 0.15) is 6.92 Å². The van der Waals surface area contributed by atoms with Crippen molar-refractivity contribution < 1.29 is 4.92 Å². The smallest absolute Gasteiger partial charge is 0.278 e. The third-order valence-corrected chi connectivity index (χ3v) is 2.82. The Morgan fingerprint density at radius 2 is 2.22 bits per heavy atom. The average molecular weight is 271 g/mol. The fourth-order valence-corrected chi connectivity index (χ4v) is 1.91. The van der Waals surface area contributed by atoms with Crippen molar-refractivity contribution in [1.82, 2.24) is 14.5 Å². The lowest BCUT2D eigenvalue weighted by molar-refractivity contribution is -0.384. The molecule has 0 unspecified atom stereocenters. The van der Waals surface area contributed by atoms with E-state index in [0.717, 1.165) is 6.20 Å². The highest BCUT2D eigenvalue weighted by Crippen LogP contribution is 2.27. The van der Waals surface area contributed by atoms with Gasteiger partial charge in [-0.25, -0.2) is 9.78 Å². The first kappa shape index (κ1) is 12.2. The maximum atomic E-state index is 11.6. The fourth-order valence-electron chi connectivity index (χ4n) is 1.62. The first-order valence-electron chi connectivity index (χ1n) is 4.93. The van der Waals surface area contributed by atoms with Crippen LogP contribution in [0, 0.1) is 10.1 Å². The summed E-state index contributed by atoms with van der Waals surface area (Å²) in [4.78, 5) is 38.9. The van der Waals surface area contributed by atoms with Crippen LogP contribution in [0.5, 0.6) is 0 Å². The van der Waals surface area contributed by atoms with Crippen LogP contribution in [-0.4, -0.2) is 19.5 Å². The number of aromatic amines is 1. The van der Waals surface area contributed by atoms with E-state index in [4.69, 9.17) is 11.6 Å². The maximum absolute atomic E-state index is 11.6. The number of nitrogens with one attached hydrogen (secondary N) is 1. The first-order chi connectivity index (χ1) is 8.47. The molecule has 0 aliphatic heterocycles. The van der Waals surface area contributed by atoms with Gasteiger partial charge in [0.2, 0.25) is 0 Å². The summed E-state index contributed by atoms with van der Waals surface area (Å²) in [6.45, 7) is 1.93. The maximum Gasteiger partial charge on any atom is 0.329 e. The highest BCUT2D eigenvalue weighted by molar-refractivity contribution is 6.37. The third-order valence-electron chi connectivity index (χ3n) is 2.44. The minimum absolute atomic E-state index is 0.0295. The summed E-state index contributed by atoms with van der Waals surface area (Å²) < 4.78 is 1.17. The number of aromatic nitrogens is 3. The van der Waals surface area contributed by atoms with Crippen LogP contribution in [-0.2, 0) is 6.54 Å². The molecule has 0 amide bonds. The number of hydrogen-bond acceptors (Lipinski definition) is 5. The molecule has 0 aliphatic carbocycles. The molecule has 0 bridgehead atoms. The standard InChI is InChI=1S/C9H7ClN4O4/c1-2-13-7-5(8(15)12-9(13)16)6(10)4(3-11-7)14(17)18/h3H,2H2,1H3,(H,12,15,16). The third kappa shape index (κ3) is 1.66. The molecule has 2 aromatic heterocycles. The molecule has 2 heterocycles. The van der Waals surface area contributed by atoms with E-state index in [9.17, 15) is 19.7 Å². The Labute approximate surface area is 104 Å². The van der Waals surface area contributed by atoms with Crippen LogP contribution in [0.4, 0.5) is 5.69 Å². The number of nitrogens with zero attached hydrogens (tertiary/aromatic N) is 3. The summed E-state index contributed by atoms with van der Waals surface area (Å²) in [5, 5.41) is 10.2. The van der Waals surface area contributed by atoms with E-state index in [1.165, 1.54) is 4.57 Å². The van der Waals surface area contributed by atoms with Gasteiger partial charge in [0, 0.05) is 6.54 Å².